The van der Waals surface area contributed by atoms with E-state index in [0.717, 1.165) is 28.9 Å². The van der Waals surface area contributed by atoms with E-state index in [2.05, 4.69) is 9.88 Å². The van der Waals surface area contributed by atoms with Gasteiger partial charge in [0.15, 0.2) is 0 Å². The lowest BCUT2D eigenvalue weighted by molar-refractivity contribution is 0.0334. The molecule has 0 spiro atoms. The Bertz CT molecular complexity index is 641. The zero-order valence-corrected chi connectivity index (χ0v) is 12.1. The van der Waals surface area contributed by atoms with Crippen LogP contribution in [0.5, 0.6) is 0 Å². The van der Waals surface area contributed by atoms with Crippen LogP contribution in [-0.2, 0) is 0 Å². The number of thiazole rings is 1. The maximum Gasteiger partial charge on any atom is 0.254 e. The molecule has 0 bridgehead atoms. The maximum absolute atomic E-state index is 12.4. The summed E-state index contributed by atoms with van der Waals surface area (Å²) in [6.45, 7) is 4.19. The van der Waals surface area contributed by atoms with Crippen molar-refractivity contribution in [3.8, 4) is 0 Å². The van der Waals surface area contributed by atoms with Crippen LogP contribution in [0.25, 0.3) is 10.2 Å². The van der Waals surface area contributed by atoms with Gasteiger partial charge in [-0.25, -0.2) is 4.98 Å². The molecule has 2 fully saturated rings. The number of nitrogens with zero attached hydrogens (tertiary/aromatic N) is 3. The van der Waals surface area contributed by atoms with Crippen molar-refractivity contribution in [3.63, 3.8) is 0 Å². The van der Waals surface area contributed by atoms with E-state index in [1.54, 1.807) is 11.3 Å². The molecule has 1 aromatic carbocycles. The third-order valence-electron chi connectivity index (χ3n) is 4.38. The van der Waals surface area contributed by atoms with Gasteiger partial charge in [0.25, 0.3) is 5.91 Å². The van der Waals surface area contributed by atoms with E-state index in [0.29, 0.717) is 6.04 Å². The van der Waals surface area contributed by atoms with Gasteiger partial charge in [-0.1, -0.05) is 0 Å². The number of rotatable bonds is 2. The van der Waals surface area contributed by atoms with Gasteiger partial charge in [0.2, 0.25) is 0 Å². The Morgan fingerprint density at radius 1 is 1.25 bits per heavy atom. The van der Waals surface area contributed by atoms with Gasteiger partial charge in [-0.15, -0.1) is 11.3 Å². The molecule has 1 aromatic heterocycles. The molecule has 2 saturated heterocycles. The van der Waals surface area contributed by atoms with Crippen molar-refractivity contribution in [1.29, 1.82) is 0 Å². The highest BCUT2D eigenvalue weighted by atomic mass is 32.1. The number of benzene rings is 1. The van der Waals surface area contributed by atoms with E-state index in [-0.39, 0.29) is 5.91 Å². The van der Waals surface area contributed by atoms with Gasteiger partial charge >= 0.3 is 0 Å². The SMILES string of the molecule is O=C(c1ccc2ncsc2c1)N1CC(N2CCCC2)C1. The number of hydrogen-bond acceptors (Lipinski definition) is 4. The van der Waals surface area contributed by atoms with Crippen LogP contribution in [0.4, 0.5) is 0 Å². The molecule has 0 atom stereocenters. The molecule has 0 saturated carbocycles. The highest BCUT2D eigenvalue weighted by Gasteiger charge is 2.35. The molecule has 0 radical (unpaired) electrons. The fourth-order valence-electron chi connectivity index (χ4n) is 3.13. The molecule has 2 aliphatic rings. The van der Waals surface area contributed by atoms with Crippen LogP contribution in [-0.4, -0.2) is 52.9 Å². The summed E-state index contributed by atoms with van der Waals surface area (Å²) in [5.41, 5.74) is 3.60. The Hall–Kier alpha value is -1.46. The zero-order chi connectivity index (χ0) is 13.5. The first-order valence-electron chi connectivity index (χ1n) is 7.18. The van der Waals surface area contributed by atoms with Crippen molar-refractivity contribution in [2.24, 2.45) is 0 Å². The Labute approximate surface area is 122 Å². The summed E-state index contributed by atoms with van der Waals surface area (Å²) >= 11 is 1.59. The smallest absolute Gasteiger partial charge is 0.254 e. The van der Waals surface area contributed by atoms with Crippen molar-refractivity contribution < 1.29 is 4.79 Å². The molecule has 0 aliphatic carbocycles. The predicted molar refractivity (Wildman–Crippen MR) is 80.1 cm³/mol. The molecule has 1 amide bonds. The minimum absolute atomic E-state index is 0.163. The van der Waals surface area contributed by atoms with Crippen molar-refractivity contribution >= 4 is 27.5 Å². The molecule has 0 unspecified atom stereocenters. The standard InChI is InChI=1S/C15H17N3OS/c19-15(11-3-4-13-14(7-11)20-10-16-13)18-8-12(9-18)17-5-1-2-6-17/h3-4,7,10,12H,1-2,5-6,8-9H2. The van der Waals surface area contributed by atoms with Crippen LogP contribution >= 0.6 is 11.3 Å². The van der Waals surface area contributed by atoms with E-state index in [4.69, 9.17) is 0 Å². The molecule has 4 nitrogen and oxygen atoms in total. The molecule has 2 aromatic rings. The van der Waals surface area contributed by atoms with Crippen LogP contribution in [0.1, 0.15) is 23.2 Å². The Balaban J connectivity index is 1.45. The Morgan fingerprint density at radius 2 is 2.05 bits per heavy atom. The van der Waals surface area contributed by atoms with Gasteiger partial charge in [0, 0.05) is 24.7 Å². The van der Waals surface area contributed by atoms with Crippen LogP contribution in [0.3, 0.4) is 0 Å². The van der Waals surface area contributed by atoms with Gasteiger partial charge in [-0.05, 0) is 44.1 Å². The third kappa shape index (κ3) is 2.01. The predicted octanol–water partition coefficient (Wildman–Crippen LogP) is 2.22. The van der Waals surface area contributed by atoms with Gasteiger partial charge in [0.05, 0.1) is 15.7 Å². The number of carbonyl (C=O) groups is 1. The van der Waals surface area contributed by atoms with E-state index >= 15 is 0 Å². The van der Waals surface area contributed by atoms with Crippen LogP contribution in [0.2, 0.25) is 0 Å². The molecule has 5 heteroatoms. The van der Waals surface area contributed by atoms with Crippen LogP contribution in [0.15, 0.2) is 23.7 Å². The highest BCUT2D eigenvalue weighted by Crippen LogP contribution is 2.24. The molecule has 3 heterocycles. The minimum Gasteiger partial charge on any atom is -0.335 e. The van der Waals surface area contributed by atoms with Gasteiger partial charge in [-0.3, -0.25) is 9.69 Å². The topological polar surface area (TPSA) is 36.4 Å². The van der Waals surface area contributed by atoms with Crippen molar-refractivity contribution in [2.45, 2.75) is 18.9 Å². The van der Waals surface area contributed by atoms with E-state index < -0.39 is 0 Å². The number of aromatic nitrogens is 1. The molecule has 2 aliphatic heterocycles. The van der Waals surface area contributed by atoms with E-state index in [1.807, 2.05) is 28.6 Å². The summed E-state index contributed by atoms with van der Waals surface area (Å²) in [5, 5.41) is 0. The summed E-state index contributed by atoms with van der Waals surface area (Å²) in [6, 6.07) is 6.40. The summed E-state index contributed by atoms with van der Waals surface area (Å²) < 4.78 is 1.09. The fraction of sp³-hybridized carbons (Fsp3) is 0.467. The van der Waals surface area contributed by atoms with Crippen LogP contribution < -0.4 is 0 Å². The molecule has 4 rings (SSSR count). The summed E-state index contributed by atoms with van der Waals surface area (Å²) in [6.07, 6.45) is 2.62. The first kappa shape index (κ1) is 12.3. The highest BCUT2D eigenvalue weighted by molar-refractivity contribution is 7.16. The second-order valence-corrected chi connectivity index (χ2v) is 6.53. The van der Waals surface area contributed by atoms with Crippen LogP contribution in [0, 0.1) is 0 Å². The molecule has 0 N–H and O–H groups in total. The number of carbonyl (C=O) groups excluding carboxylic acids is 1. The summed E-state index contributed by atoms with van der Waals surface area (Å²) in [4.78, 5) is 21.2. The zero-order valence-electron chi connectivity index (χ0n) is 11.3. The fourth-order valence-corrected chi connectivity index (χ4v) is 3.85. The summed E-state index contributed by atoms with van der Waals surface area (Å²) in [7, 11) is 0. The number of hydrogen-bond donors (Lipinski definition) is 0. The van der Waals surface area contributed by atoms with Crippen molar-refractivity contribution in [3.05, 3.63) is 29.3 Å². The first-order chi connectivity index (χ1) is 9.81. The van der Waals surface area contributed by atoms with Gasteiger partial charge < -0.3 is 4.90 Å². The molecule has 20 heavy (non-hydrogen) atoms. The van der Waals surface area contributed by atoms with Gasteiger partial charge in [-0.2, -0.15) is 0 Å². The Kier molecular flexibility index (Phi) is 2.97. The average molecular weight is 287 g/mol. The molecular weight excluding hydrogens is 270 g/mol. The lowest BCUT2D eigenvalue weighted by Gasteiger charge is -2.44. The largest absolute Gasteiger partial charge is 0.335 e. The molecular formula is C15H17N3OS. The van der Waals surface area contributed by atoms with Gasteiger partial charge in [0.1, 0.15) is 0 Å². The Morgan fingerprint density at radius 3 is 2.85 bits per heavy atom. The lowest BCUT2D eigenvalue weighted by atomic mass is 10.1. The lowest BCUT2D eigenvalue weighted by Crippen LogP contribution is -2.60. The van der Waals surface area contributed by atoms with Crippen molar-refractivity contribution in [1.82, 2.24) is 14.8 Å². The van der Waals surface area contributed by atoms with E-state index in [9.17, 15) is 4.79 Å². The van der Waals surface area contributed by atoms with E-state index in [1.165, 1.54) is 25.9 Å². The normalized spacial score (nSPS) is 20.5. The quantitative estimate of drug-likeness (QED) is 0.850. The maximum atomic E-state index is 12.4. The third-order valence-corrected chi connectivity index (χ3v) is 5.18. The monoisotopic (exact) mass is 287 g/mol. The average Bonchev–Trinajstić information content (AvgIpc) is 3.06. The number of fused-ring (bicyclic) bond motifs is 1. The van der Waals surface area contributed by atoms with Crippen molar-refractivity contribution in [2.75, 3.05) is 26.2 Å². The number of amides is 1. The summed E-state index contributed by atoms with van der Waals surface area (Å²) in [5.74, 6) is 0.163. The second-order valence-electron chi connectivity index (χ2n) is 5.64. The molecule has 104 valence electrons. The first-order valence-corrected chi connectivity index (χ1v) is 8.06. The number of likely N-dealkylation sites (tertiary alicyclic amines) is 2. The minimum atomic E-state index is 0.163. The second kappa shape index (κ2) is 4.82.